The van der Waals surface area contributed by atoms with Gasteiger partial charge in [-0.05, 0) is 18.1 Å². The molecule has 0 aliphatic carbocycles. The van der Waals surface area contributed by atoms with Crippen LogP contribution in [0.4, 0.5) is 0 Å². The van der Waals surface area contributed by atoms with E-state index < -0.39 is 0 Å². The lowest BCUT2D eigenvalue weighted by Gasteiger charge is -1.96. The summed E-state index contributed by atoms with van der Waals surface area (Å²) in [6.07, 6.45) is 1.66. The van der Waals surface area contributed by atoms with Crippen LogP contribution in [0.1, 0.15) is 32.0 Å². The highest BCUT2D eigenvalue weighted by atomic mass is 32.2. The van der Waals surface area contributed by atoms with Gasteiger partial charge in [-0.1, -0.05) is 19.0 Å². The molecule has 1 heterocycles. The molecule has 0 radical (unpaired) electrons. The molecule has 1 N–H and O–H groups in total. The second-order valence-corrected chi connectivity index (χ2v) is 4.94. The first-order valence-corrected chi connectivity index (χ1v) is 6.38. The van der Waals surface area contributed by atoms with Gasteiger partial charge in [0.05, 0.1) is 5.75 Å². The predicted octanol–water partition coefficient (Wildman–Crippen LogP) is 1.88. The fourth-order valence-corrected chi connectivity index (χ4v) is 1.89. The maximum absolute atomic E-state index is 8.60. The molecule has 5 heteroatoms. The lowest BCUT2D eigenvalue weighted by molar-refractivity contribution is 0.296. The third kappa shape index (κ3) is 5.18. The van der Waals surface area contributed by atoms with Gasteiger partial charge in [0.1, 0.15) is 0 Å². The summed E-state index contributed by atoms with van der Waals surface area (Å²) in [5.41, 5.74) is 0. The van der Waals surface area contributed by atoms with Crippen LogP contribution >= 0.6 is 11.8 Å². The van der Waals surface area contributed by atoms with Crippen molar-refractivity contribution in [3.63, 3.8) is 0 Å². The zero-order chi connectivity index (χ0) is 11.1. The van der Waals surface area contributed by atoms with Crippen molar-refractivity contribution in [1.82, 2.24) is 10.1 Å². The molecule has 0 saturated heterocycles. The van der Waals surface area contributed by atoms with E-state index in [4.69, 9.17) is 9.63 Å². The van der Waals surface area contributed by atoms with Crippen molar-refractivity contribution in [2.24, 2.45) is 5.92 Å². The highest BCUT2D eigenvalue weighted by molar-refractivity contribution is 7.98. The molecular weight excluding hydrogens is 212 g/mol. The van der Waals surface area contributed by atoms with E-state index in [1.54, 1.807) is 11.8 Å². The number of thioether (sulfide) groups is 1. The zero-order valence-corrected chi connectivity index (χ0v) is 10.1. The van der Waals surface area contributed by atoms with Gasteiger partial charge in [0.25, 0.3) is 0 Å². The average molecular weight is 230 g/mol. The SMILES string of the molecule is CC(C)Cc1nc(CSCCCO)no1. The number of aliphatic hydroxyl groups excluding tert-OH is 1. The second-order valence-electron chi connectivity index (χ2n) is 3.83. The monoisotopic (exact) mass is 230 g/mol. The van der Waals surface area contributed by atoms with Gasteiger partial charge >= 0.3 is 0 Å². The van der Waals surface area contributed by atoms with Crippen LogP contribution in [0.2, 0.25) is 0 Å². The summed E-state index contributed by atoms with van der Waals surface area (Å²) >= 11 is 1.72. The largest absolute Gasteiger partial charge is 0.396 e. The lowest BCUT2D eigenvalue weighted by Crippen LogP contribution is -1.94. The molecule has 4 nitrogen and oxygen atoms in total. The van der Waals surface area contributed by atoms with Gasteiger partial charge < -0.3 is 9.63 Å². The van der Waals surface area contributed by atoms with Gasteiger partial charge in [0.2, 0.25) is 5.89 Å². The minimum absolute atomic E-state index is 0.248. The summed E-state index contributed by atoms with van der Waals surface area (Å²) < 4.78 is 5.11. The number of hydrogen-bond donors (Lipinski definition) is 1. The van der Waals surface area contributed by atoms with E-state index in [9.17, 15) is 0 Å². The van der Waals surface area contributed by atoms with E-state index in [2.05, 4.69) is 24.0 Å². The molecule has 86 valence electrons. The van der Waals surface area contributed by atoms with Gasteiger partial charge in [-0.25, -0.2) is 0 Å². The summed E-state index contributed by atoms with van der Waals surface area (Å²) in [5, 5.41) is 12.5. The van der Waals surface area contributed by atoms with Crippen molar-refractivity contribution in [3.05, 3.63) is 11.7 Å². The van der Waals surface area contributed by atoms with Crippen LogP contribution in [0.3, 0.4) is 0 Å². The van der Waals surface area contributed by atoms with E-state index in [0.29, 0.717) is 5.92 Å². The highest BCUT2D eigenvalue weighted by Gasteiger charge is 2.07. The quantitative estimate of drug-likeness (QED) is 0.725. The van der Waals surface area contributed by atoms with Gasteiger partial charge in [-0.2, -0.15) is 16.7 Å². The Kier molecular flexibility index (Phi) is 5.71. The van der Waals surface area contributed by atoms with Crippen molar-refractivity contribution >= 4 is 11.8 Å². The normalized spacial score (nSPS) is 11.2. The topological polar surface area (TPSA) is 59.2 Å². The van der Waals surface area contributed by atoms with Gasteiger partial charge in [-0.15, -0.1) is 0 Å². The molecule has 0 aliphatic rings. The van der Waals surface area contributed by atoms with Crippen molar-refractivity contribution in [2.45, 2.75) is 32.4 Å². The molecule has 0 unspecified atom stereocenters. The van der Waals surface area contributed by atoms with E-state index in [1.807, 2.05) is 0 Å². The highest BCUT2D eigenvalue weighted by Crippen LogP contribution is 2.12. The van der Waals surface area contributed by atoms with Gasteiger partial charge in [-0.3, -0.25) is 0 Å². The van der Waals surface area contributed by atoms with Crippen molar-refractivity contribution in [2.75, 3.05) is 12.4 Å². The van der Waals surface area contributed by atoms with Crippen LogP contribution in [0, 0.1) is 5.92 Å². The summed E-state index contributed by atoms with van der Waals surface area (Å²) in [5.74, 6) is 3.73. The molecule has 0 saturated carbocycles. The molecule has 0 amide bonds. The number of aromatic nitrogens is 2. The molecule has 1 aromatic heterocycles. The van der Waals surface area contributed by atoms with Gasteiger partial charge in [0, 0.05) is 13.0 Å². The van der Waals surface area contributed by atoms with E-state index in [1.165, 1.54) is 0 Å². The summed E-state index contributed by atoms with van der Waals surface area (Å²) in [7, 11) is 0. The van der Waals surface area contributed by atoms with Crippen LogP contribution in [0.5, 0.6) is 0 Å². The Balaban J connectivity index is 2.26. The summed E-state index contributed by atoms with van der Waals surface area (Å²) in [6, 6.07) is 0. The minimum Gasteiger partial charge on any atom is -0.396 e. The number of rotatable bonds is 7. The van der Waals surface area contributed by atoms with Crippen molar-refractivity contribution < 1.29 is 9.63 Å². The Bertz CT molecular complexity index is 276. The fraction of sp³-hybridized carbons (Fsp3) is 0.800. The molecule has 15 heavy (non-hydrogen) atoms. The van der Waals surface area contributed by atoms with E-state index in [-0.39, 0.29) is 6.61 Å². The minimum atomic E-state index is 0.248. The molecule has 0 fully saturated rings. The average Bonchev–Trinajstić information content (AvgIpc) is 2.59. The summed E-state index contributed by atoms with van der Waals surface area (Å²) in [4.78, 5) is 4.29. The number of nitrogens with zero attached hydrogens (tertiary/aromatic N) is 2. The summed E-state index contributed by atoms with van der Waals surface area (Å²) in [6.45, 7) is 4.50. The van der Waals surface area contributed by atoms with Crippen LogP contribution in [0.25, 0.3) is 0 Å². The molecule has 0 aliphatic heterocycles. The Morgan fingerprint density at radius 2 is 2.27 bits per heavy atom. The smallest absolute Gasteiger partial charge is 0.226 e. The third-order valence-corrected chi connectivity index (χ3v) is 2.81. The second kappa shape index (κ2) is 6.85. The molecule has 0 spiro atoms. The molecule has 1 rings (SSSR count). The van der Waals surface area contributed by atoms with Crippen LogP contribution in [0.15, 0.2) is 4.52 Å². The van der Waals surface area contributed by atoms with Crippen molar-refractivity contribution in [3.8, 4) is 0 Å². The third-order valence-electron chi connectivity index (χ3n) is 1.77. The maximum Gasteiger partial charge on any atom is 0.226 e. The van der Waals surface area contributed by atoms with Crippen LogP contribution in [-0.4, -0.2) is 27.6 Å². The Morgan fingerprint density at radius 3 is 2.93 bits per heavy atom. The predicted molar refractivity (Wildman–Crippen MR) is 60.7 cm³/mol. The molecule has 0 bridgehead atoms. The molecule has 0 aromatic carbocycles. The van der Waals surface area contributed by atoms with Gasteiger partial charge in [0.15, 0.2) is 5.82 Å². The van der Waals surface area contributed by atoms with Crippen molar-refractivity contribution in [1.29, 1.82) is 0 Å². The molecule has 1 aromatic rings. The number of aliphatic hydroxyl groups is 1. The lowest BCUT2D eigenvalue weighted by atomic mass is 10.1. The van der Waals surface area contributed by atoms with E-state index >= 15 is 0 Å². The van der Waals surface area contributed by atoms with E-state index in [0.717, 1.165) is 36.1 Å². The Morgan fingerprint density at radius 1 is 1.47 bits per heavy atom. The number of hydrogen-bond acceptors (Lipinski definition) is 5. The Hall–Kier alpha value is -0.550. The first-order chi connectivity index (χ1) is 7.22. The molecular formula is C10H18N2O2S. The standard InChI is InChI=1S/C10H18N2O2S/c1-8(2)6-10-11-9(12-14-10)7-15-5-3-4-13/h8,13H,3-7H2,1-2H3. The first kappa shape index (κ1) is 12.5. The Labute approximate surface area is 94.5 Å². The zero-order valence-electron chi connectivity index (χ0n) is 9.27. The first-order valence-electron chi connectivity index (χ1n) is 5.22. The molecule has 0 atom stereocenters. The fourth-order valence-electron chi connectivity index (χ4n) is 1.11. The van der Waals surface area contributed by atoms with Crippen LogP contribution in [-0.2, 0) is 12.2 Å². The maximum atomic E-state index is 8.60. The van der Waals surface area contributed by atoms with Crippen LogP contribution < -0.4 is 0 Å².